The number of carbonyl (C=O) groups excluding carboxylic acids is 2. The summed E-state index contributed by atoms with van der Waals surface area (Å²) in [5, 5.41) is 3.51. The van der Waals surface area contributed by atoms with E-state index >= 15 is 0 Å². The second kappa shape index (κ2) is 7.73. The van der Waals surface area contributed by atoms with Crippen LogP contribution >= 0.6 is 34.8 Å². The van der Waals surface area contributed by atoms with Gasteiger partial charge in [0.15, 0.2) is 0 Å². The maximum atomic E-state index is 12.1. The quantitative estimate of drug-likeness (QED) is 0.712. The lowest BCUT2D eigenvalue weighted by molar-refractivity contribution is -0.128. The van der Waals surface area contributed by atoms with Crippen LogP contribution in [0.15, 0.2) is 12.1 Å². The summed E-state index contributed by atoms with van der Waals surface area (Å²) in [5.41, 5.74) is 5.45. The van der Waals surface area contributed by atoms with Gasteiger partial charge in [-0.05, 0) is 18.1 Å². The van der Waals surface area contributed by atoms with E-state index in [0.29, 0.717) is 10.7 Å². The molecule has 8 heteroatoms. The summed E-state index contributed by atoms with van der Waals surface area (Å²) < 4.78 is 0. The Morgan fingerprint density at radius 3 is 2.05 bits per heavy atom. The number of hydrazine groups is 1. The third-order valence-electron chi connectivity index (χ3n) is 2.63. The SMILES string of the molecule is CC(=O)NC(C(=O)NNc1c(Cl)cc(Cl)cc1Cl)C(C)C. The van der Waals surface area contributed by atoms with Gasteiger partial charge in [0.1, 0.15) is 6.04 Å². The molecule has 0 saturated carbocycles. The zero-order valence-electron chi connectivity index (χ0n) is 11.8. The van der Waals surface area contributed by atoms with Gasteiger partial charge >= 0.3 is 0 Å². The van der Waals surface area contributed by atoms with Crippen LogP contribution < -0.4 is 16.2 Å². The molecular formula is C13H16Cl3N3O2. The van der Waals surface area contributed by atoms with Crippen molar-refractivity contribution in [2.45, 2.75) is 26.8 Å². The Kier molecular flexibility index (Phi) is 6.58. The molecule has 0 spiro atoms. The minimum atomic E-state index is -0.667. The maximum absolute atomic E-state index is 12.1. The highest BCUT2D eigenvalue weighted by Crippen LogP contribution is 2.33. The lowest BCUT2D eigenvalue weighted by Crippen LogP contribution is -2.50. The summed E-state index contributed by atoms with van der Waals surface area (Å²) in [6.45, 7) is 4.99. The Balaban J connectivity index is 2.78. The summed E-state index contributed by atoms with van der Waals surface area (Å²) in [6, 6.07) is 2.33. The van der Waals surface area contributed by atoms with Crippen molar-refractivity contribution in [3.8, 4) is 0 Å². The molecule has 1 atom stereocenters. The van der Waals surface area contributed by atoms with Crippen LogP contribution in [0.5, 0.6) is 0 Å². The number of rotatable bonds is 5. The molecule has 5 nitrogen and oxygen atoms in total. The molecule has 0 aliphatic heterocycles. The topological polar surface area (TPSA) is 70.2 Å². The van der Waals surface area contributed by atoms with Crippen LogP contribution in [0.25, 0.3) is 0 Å². The van der Waals surface area contributed by atoms with Gasteiger partial charge in [-0.1, -0.05) is 48.7 Å². The second-order valence-corrected chi connectivity index (χ2v) is 6.03. The molecule has 0 aliphatic carbocycles. The Hall–Kier alpha value is -1.17. The lowest BCUT2D eigenvalue weighted by atomic mass is 10.0. The molecular weight excluding hydrogens is 337 g/mol. The van der Waals surface area contributed by atoms with E-state index in [-0.39, 0.29) is 21.9 Å². The summed E-state index contributed by atoms with van der Waals surface area (Å²) >= 11 is 17.8. The zero-order valence-corrected chi connectivity index (χ0v) is 14.0. The van der Waals surface area contributed by atoms with Gasteiger partial charge in [-0.15, -0.1) is 0 Å². The van der Waals surface area contributed by atoms with Crippen LogP contribution in [-0.4, -0.2) is 17.9 Å². The minimum absolute atomic E-state index is 0.0770. The molecule has 0 aliphatic rings. The number of nitrogens with one attached hydrogen (secondary N) is 3. The Morgan fingerprint density at radius 1 is 1.10 bits per heavy atom. The van der Waals surface area contributed by atoms with Gasteiger partial charge in [-0.3, -0.25) is 20.4 Å². The summed E-state index contributed by atoms with van der Waals surface area (Å²) in [6.07, 6.45) is 0. The molecule has 0 radical (unpaired) electrons. The highest BCUT2D eigenvalue weighted by atomic mass is 35.5. The lowest BCUT2D eigenvalue weighted by Gasteiger charge is -2.21. The van der Waals surface area contributed by atoms with E-state index in [2.05, 4.69) is 16.2 Å². The minimum Gasteiger partial charge on any atom is -0.344 e. The van der Waals surface area contributed by atoms with Gasteiger partial charge in [-0.25, -0.2) is 0 Å². The van der Waals surface area contributed by atoms with Crippen molar-refractivity contribution >= 4 is 52.3 Å². The van der Waals surface area contributed by atoms with Crippen LogP contribution in [-0.2, 0) is 9.59 Å². The van der Waals surface area contributed by atoms with Gasteiger partial charge in [0.2, 0.25) is 5.91 Å². The van der Waals surface area contributed by atoms with Gasteiger partial charge < -0.3 is 5.32 Å². The van der Waals surface area contributed by atoms with E-state index < -0.39 is 11.9 Å². The van der Waals surface area contributed by atoms with Gasteiger partial charge in [0.05, 0.1) is 15.7 Å². The van der Waals surface area contributed by atoms with Crippen LogP contribution in [0.4, 0.5) is 5.69 Å². The van der Waals surface area contributed by atoms with Gasteiger partial charge in [0, 0.05) is 11.9 Å². The average Bonchev–Trinajstić information content (AvgIpc) is 2.33. The largest absolute Gasteiger partial charge is 0.344 e. The van der Waals surface area contributed by atoms with E-state index in [9.17, 15) is 9.59 Å². The fraction of sp³-hybridized carbons (Fsp3) is 0.385. The number of halogens is 3. The first-order valence-corrected chi connectivity index (χ1v) is 7.33. The van der Waals surface area contributed by atoms with Crippen LogP contribution in [0.1, 0.15) is 20.8 Å². The molecule has 3 N–H and O–H groups in total. The number of hydrogen-bond donors (Lipinski definition) is 3. The standard InChI is InChI=1S/C13H16Cl3N3O2/c1-6(2)11(17-7(3)20)13(21)19-18-12-9(15)4-8(14)5-10(12)16/h4-6,11,18H,1-3H3,(H,17,20)(H,19,21). The smallest absolute Gasteiger partial charge is 0.261 e. The molecule has 1 unspecified atom stereocenters. The van der Waals surface area contributed by atoms with E-state index in [4.69, 9.17) is 34.8 Å². The summed E-state index contributed by atoms with van der Waals surface area (Å²) in [5.74, 6) is -0.763. The Bertz CT molecular complexity index is 526. The van der Waals surface area contributed by atoms with E-state index in [1.807, 2.05) is 13.8 Å². The van der Waals surface area contributed by atoms with Crippen molar-refractivity contribution in [2.24, 2.45) is 5.92 Å². The summed E-state index contributed by atoms with van der Waals surface area (Å²) in [7, 11) is 0. The molecule has 21 heavy (non-hydrogen) atoms. The fourth-order valence-electron chi connectivity index (χ4n) is 1.62. The van der Waals surface area contributed by atoms with Crippen LogP contribution in [0.3, 0.4) is 0 Å². The molecule has 1 aromatic carbocycles. The number of anilines is 1. The second-order valence-electron chi connectivity index (χ2n) is 4.78. The number of hydrogen-bond acceptors (Lipinski definition) is 3. The molecule has 1 rings (SSSR count). The maximum Gasteiger partial charge on any atom is 0.261 e. The average molecular weight is 353 g/mol. The number of benzene rings is 1. The summed E-state index contributed by atoms with van der Waals surface area (Å²) in [4.78, 5) is 23.2. The normalized spacial score (nSPS) is 12.0. The first-order chi connectivity index (χ1) is 9.72. The fourth-order valence-corrected chi connectivity index (χ4v) is 2.53. The first-order valence-electron chi connectivity index (χ1n) is 6.20. The number of amides is 2. The van der Waals surface area contributed by atoms with Crippen molar-refractivity contribution in [3.05, 3.63) is 27.2 Å². The highest BCUT2D eigenvalue weighted by molar-refractivity contribution is 6.41. The highest BCUT2D eigenvalue weighted by Gasteiger charge is 2.23. The molecule has 0 heterocycles. The predicted octanol–water partition coefficient (Wildman–Crippen LogP) is 3.25. The molecule has 0 bridgehead atoms. The van der Waals surface area contributed by atoms with E-state index in [0.717, 1.165) is 0 Å². The zero-order chi connectivity index (χ0) is 16.2. The third kappa shape index (κ3) is 5.26. The van der Waals surface area contributed by atoms with Gasteiger partial charge in [-0.2, -0.15) is 0 Å². The van der Waals surface area contributed by atoms with Crippen molar-refractivity contribution in [1.82, 2.24) is 10.7 Å². The Morgan fingerprint density at radius 2 is 1.62 bits per heavy atom. The van der Waals surface area contributed by atoms with Crippen LogP contribution in [0, 0.1) is 5.92 Å². The van der Waals surface area contributed by atoms with Crippen molar-refractivity contribution < 1.29 is 9.59 Å². The van der Waals surface area contributed by atoms with E-state index in [1.165, 1.54) is 19.1 Å². The van der Waals surface area contributed by atoms with Crippen molar-refractivity contribution in [1.29, 1.82) is 0 Å². The predicted molar refractivity (Wildman–Crippen MR) is 85.7 cm³/mol. The number of carbonyl (C=O) groups is 2. The van der Waals surface area contributed by atoms with Gasteiger partial charge in [0.25, 0.3) is 5.91 Å². The third-order valence-corrected chi connectivity index (χ3v) is 3.44. The molecule has 0 saturated heterocycles. The van der Waals surface area contributed by atoms with Crippen molar-refractivity contribution in [3.63, 3.8) is 0 Å². The van der Waals surface area contributed by atoms with Crippen molar-refractivity contribution in [2.75, 3.05) is 5.43 Å². The molecule has 0 fully saturated rings. The van der Waals surface area contributed by atoms with E-state index in [1.54, 1.807) is 0 Å². The Labute approximate surface area is 138 Å². The van der Waals surface area contributed by atoms with Crippen LogP contribution in [0.2, 0.25) is 15.1 Å². The molecule has 0 aromatic heterocycles. The first kappa shape index (κ1) is 17.9. The monoisotopic (exact) mass is 351 g/mol. The molecule has 2 amide bonds. The molecule has 1 aromatic rings. The molecule has 116 valence electrons.